The highest BCUT2D eigenvalue weighted by Gasteiger charge is 2.22. The molecule has 0 radical (unpaired) electrons. The Kier molecular flexibility index (Phi) is 5.56. The fourth-order valence-corrected chi connectivity index (χ4v) is 2.82. The Balaban J connectivity index is 1.96. The normalized spacial score (nSPS) is 22.5. The summed E-state index contributed by atoms with van der Waals surface area (Å²) in [6.45, 7) is 2.83. The number of ether oxygens (including phenoxy) is 1. The van der Waals surface area contributed by atoms with E-state index in [9.17, 15) is 4.79 Å². The van der Waals surface area contributed by atoms with Crippen LogP contribution in [-0.4, -0.2) is 12.0 Å². The van der Waals surface area contributed by atoms with E-state index in [1.807, 2.05) is 24.3 Å². The van der Waals surface area contributed by atoms with E-state index in [1.54, 1.807) is 0 Å². The maximum atomic E-state index is 11.4. The Morgan fingerprint density at radius 1 is 1.30 bits per heavy atom. The van der Waals surface area contributed by atoms with Crippen LogP contribution in [0.15, 0.2) is 24.3 Å². The third kappa shape index (κ3) is 4.05. The predicted octanol–water partition coefficient (Wildman–Crippen LogP) is 2.31. The van der Waals surface area contributed by atoms with Crippen molar-refractivity contribution in [3.8, 4) is 0 Å². The van der Waals surface area contributed by atoms with Gasteiger partial charge >= 0.3 is 0 Å². The van der Waals surface area contributed by atoms with E-state index in [0.717, 1.165) is 17.5 Å². The zero-order valence-electron chi connectivity index (χ0n) is 12.1. The van der Waals surface area contributed by atoms with Gasteiger partial charge < -0.3 is 4.74 Å². The summed E-state index contributed by atoms with van der Waals surface area (Å²) < 4.78 is 6.07. The van der Waals surface area contributed by atoms with Gasteiger partial charge in [-0.2, -0.15) is 0 Å². The van der Waals surface area contributed by atoms with Crippen LogP contribution in [-0.2, 0) is 22.6 Å². The highest BCUT2D eigenvalue weighted by Crippen LogP contribution is 2.27. The van der Waals surface area contributed by atoms with Gasteiger partial charge in [-0.3, -0.25) is 10.2 Å². The molecule has 1 aliphatic rings. The Morgan fingerprint density at radius 2 is 2.00 bits per heavy atom. The van der Waals surface area contributed by atoms with Crippen molar-refractivity contribution in [2.24, 2.45) is 11.8 Å². The Morgan fingerprint density at radius 3 is 2.70 bits per heavy atom. The fraction of sp³-hybridized carbons (Fsp3) is 0.562. The van der Waals surface area contributed by atoms with Gasteiger partial charge in [-0.1, -0.05) is 44.0 Å². The minimum absolute atomic E-state index is 0.177. The molecule has 4 heteroatoms. The molecule has 1 fully saturated rings. The minimum atomic E-state index is -0.177. The van der Waals surface area contributed by atoms with Crippen molar-refractivity contribution < 1.29 is 9.53 Å². The number of hydrazine groups is 1. The third-order valence-corrected chi connectivity index (χ3v) is 4.12. The number of carbonyl (C=O) groups excluding carboxylic acids is 1. The molecule has 4 nitrogen and oxygen atoms in total. The number of amides is 1. The molecule has 3 N–H and O–H groups in total. The van der Waals surface area contributed by atoms with E-state index in [1.165, 1.54) is 19.3 Å². The number of rotatable bonds is 5. The summed E-state index contributed by atoms with van der Waals surface area (Å²) in [6.07, 6.45) is 5.62. The number of hydrogen-bond acceptors (Lipinski definition) is 3. The second-order valence-electron chi connectivity index (χ2n) is 5.62. The van der Waals surface area contributed by atoms with Gasteiger partial charge in [0.2, 0.25) is 5.91 Å². The maximum Gasteiger partial charge on any atom is 0.238 e. The zero-order valence-corrected chi connectivity index (χ0v) is 12.1. The average molecular weight is 276 g/mol. The van der Waals surface area contributed by atoms with Crippen molar-refractivity contribution in [3.63, 3.8) is 0 Å². The first-order valence-electron chi connectivity index (χ1n) is 7.38. The molecule has 0 aromatic heterocycles. The summed E-state index contributed by atoms with van der Waals surface area (Å²) in [7, 11) is 0. The van der Waals surface area contributed by atoms with Gasteiger partial charge in [0.25, 0.3) is 0 Å². The molecule has 1 saturated carbocycles. The third-order valence-electron chi connectivity index (χ3n) is 4.12. The highest BCUT2D eigenvalue weighted by molar-refractivity contribution is 5.78. The standard InChI is InChI=1S/C16H24N2O2/c1-12-6-2-5-9-15(12)20-11-14-8-4-3-7-13(14)10-16(19)18-17/h3-4,7-8,12,15H,2,5-6,9-11,17H2,1H3,(H,18,19). The summed E-state index contributed by atoms with van der Waals surface area (Å²) in [5.74, 6) is 5.60. The van der Waals surface area contributed by atoms with Gasteiger partial charge in [0.05, 0.1) is 19.1 Å². The molecular weight excluding hydrogens is 252 g/mol. The number of hydrogen-bond donors (Lipinski definition) is 2. The summed E-state index contributed by atoms with van der Waals surface area (Å²) >= 11 is 0. The van der Waals surface area contributed by atoms with Crippen LogP contribution in [0.1, 0.15) is 43.7 Å². The van der Waals surface area contributed by atoms with Gasteiger partial charge in [0, 0.05) is 0 Å². The van der Waals surface area contributed by atoms with Crippen molar-refractivity contribution in [1.82, 2.24) is 5.43 Å². The van der Waals surface area contributed by atoms with E-state index in [4.69, 9.17) is 10.6 Å². The smallest absolute Gasteiger partial charge is 0.238 e. The lowest BCUT2D eigenvalue weighted by atomic mass is 9.88. The van der Waals surface area contributed by atoms with E-state index >= 15 is 0 Å². The first-order chi connectivity index (χ1) is 9.70. The van der Waals surface area contributed by atoms with Crippen molar-refractivity contribution >= 4 is 5.91 Å². The summed E-state index contributed by atoms with van der Waals surface area (Å²) in [6, 6.07) is 7.89. The molecule has 1 aliphatic carbocycles. The van der Waals surface area contributed by atoms with Crippen LogP contribution in [0.4, 0.5) is 0 Å². The molecule has 0 saturated heterocycles. The Labute approximate surface area is 120 Å². The van der Waals surface area contributed by atoms with Crippen molar-refractivity contribution in [2.45, 2.75) is 51.7 Å². The largest absolute Gasteiger partial charge is 0.373 e. The quantitative estimate of drug-likeness (QED) is 0.493. The van der Waals surface area contributed by atoms with Crippen molar-refractivity contribution in [3.05, 3.63) is 35.4 Å². The number of nitrogens with one attached hydrogen (secondary N) is 1. The molecule has 2 atom stereocenters. The molecular formula is C16H24N2O2. The fourth-order valence-electron chi connectivity index (χ4n) is 2.82. The van der Waals surface area contributed by atoms with E-state index in [2.05, 4.69) is 12.3 Å². The molecule has 0 aliphatic heterocycles. The maximum absolute atomic E-state index is 11.4. The molecule has 20 heavy (non-hydrogen) atoms. The summed E-state index contributed by atoms with van der Waals surface area (Å²) in [5, 5.41) is 0. The van der Waals surface area contributed by atoms with Gasteiger partial charge in [0.1, 0.15) is 0 Å². The first kappa shape index (κ1) is 15.0. The molecule has 0 bridgehead atoms. The lowest BCUT2D eigenvalue weighted by molar-refractivity contribution is -0.120. The SMILES string of the molecule is CC1CCCCC1OCc1ccccc1CC(=O)NN. The van der Waals surface area contributed by atoms with Crippen LogP contribution < -0.4 is 11.3 Å². The number of nitrogens with two attached hydrogens (primary N) is 1. The van der Waals surface area contributed by atoms with Gasteiger partial charge in [-0.05, 0) is 29.9 Å². The van der Waals surface area contributed by atoms with Gasteiger partial charge in [-0.25, -0.2) is 5.84 Å². The lowest BCUT2D eigenvalue weighted by Crippen LogP contribution is -2.31. The van der Waals surface area contributed by atoms with Crippen LogP contribution in [0.3, 0.4) is 0 Å². The second-order valence-corrected chi connectivity index (χ2v) is 5.62. The second kappa shape index (κ2) is 7.41. The number of carbonyl (C=O) groups is 1. The zero-order chi connectivity index (χ0) is 14.4. The van der Waals surface area contributed by atoms with Crippen molar-refractivity contribution in [1.29, 1.82) is 0 Å². The van der Waals surface area contributed by atoms with Crippen LogP contribution in [0, 0.1) is 5.92 Å². The molecule has 0 spiro atoms. The van der Waals surface area contributed by atoms with Crippen LogP contribution in [0.5, 0.6) is 0 Å². The average Bonchev–Trinajstić information content (AvgIpc) is 2.47. The monoisotopic (exact) mass is 276 g/mol. The van der Waals surface area contributed by atoms with Crippen LogP contribution in [0.25, 0.3) is 0 Å². The molecule has 1 aromatic carbocycles. The lowest BCUT2D eigenvalue weighted by Gasteiger charge is -2.29. The Bertz CT molecular complexity index is 448. The van der Waals surface area contributed by atoms with E-state index in [-0.39, 0.29) is 5.91 Å². The summed E-state index contributed by atoms with van der Waals surface area (Å²) in [4.78, 5) is 11.4. The van der Waals surface area contributed by atoms with Gasteiger partial charge in [-0.15, -0.1) is 0 Å². The molecule has 2 unspecified atom stereocenters. The van der Waals surface area contributed by atoms with Crippen molar-refractivity contribution in [2.75, 3.05) is 0 Å². The molecule has 1 amide bonds. The van der Waals surface area contributed by atoms with Gasteiger partial charge in [0.15, 0.2) is 0 Å². The molecule has 0 heterocycles. The summed E-state index contributed by atoms with van der Waals surface area (Å²) in [5.41, 5.74) is 4.24. The predicted molar refractivity (Wildman–Crippen MR) is 78.7 cm³/mol. The van der Waals surface area contributed by atoms with E-state index in [0.29, 0.717) is 25.0 Å². The van der Waals surface area contributed by atoms with Crippen LogP contribution in [0.2, 0.25) is 0 Å². The molecule has 1 aromatic rings. The molecule has 2 rings (SSSR count). The first-order valence-corrected chi connectivity index (χ1v) is 7.38. The van der Waals surface area contributed by atoms with Crippen LogP contribution >= 0.6 is 0 Å². The molecule has 110 valence electrons. The van der Waals surface area contributed by atoms with E-state index < -0.39 is 0 Å². The highest BCUT2D eigenvalue weighted by atomic mass is 16.5. The topological polar surface area (TPSA) is 64.3 Å². The number of benzene rings is 1. The minimum Gasteiger partial charge on any atom is -0.373 e. The Hall–Kier alpha value is -1.39.